The summed E-state index contributed by atoms with van der Waals surface area (Å²) in [6, 6.07) is 6.09. The summed E-state index contributed by atoms with van der Waals surface area (Å²) in [6.07, 6.45) is 7.26. The molecular formula is C18H27N2O2-. The smallest absolute Gasteiger partial charge is 0.122 e. The Labute approximate surface area is 133 Å². The Balaban J connectivity index is 1.41. The van der Waals surface area contributed by atoms with Crippen LogP contribution in [0, 0.1) is 5.21 Å². The molecule has 1 fully saturated rings. The number of hydrogen-bond acceptors (Lipinski definition) is 4. The molecule has 0 aliphatic carbocycles. The molecule has 2 aliphatic rings. The molecule has 1 aromatic carbocycles. The van der Waals surface area contributed by atoms with E-state index in [0.717, 1.165) is 35.8 Å². The highest BCUT2D eigenvalue weighted by atomic mass is 16.5. The number of piperidine rings is 1. The molecule has 0 radical (unpaired) electrons. The van der Waals surface area contributed by atoms with Gasteiger partial charge in [-0.15, -0.1) is 0 Å². The fourth-order valence-corrected chi connectivity index (χ4v) is 3.49. The molecule has 0 aromatic heterocycles. The average molecular weight is 303 g/mol. The molecule has 0 N–H and O–H groups in total. The van der Waals surface area contributed by atoms with Gasteiger partial charge in [-0.2, -0.15) is 0 Å². The molecule has 3 rings (SSSR count). The van der Waals surface area contributed by atoms with Crippen molar-refractivity contribution in [3.63, 3.8) is 0 Å². The summed E-state index contributed by atoms with van der Waals surface area (Å²) in [5.74, 6) is 0.989. The number of hydrogen-bond donors (Lipinski definition) is 0. The predicted octanol–water partition coefficient (Wildman–Crippen LogP) is 3.19. The van der Waals surface area contributed by atoms with Crippen LogP contribution in [0.5, 0.6) is 5.75 Å². The fraction of sp³-hybridized carbons (Fsp3) is 0.667. The van der Waals surface area contributed by atoms with E-state index in [9.17, 15) is 5.21 Å². The van der Waals surface area contributed by atoms with Crippen LogP contribution >= 0.6 is 0 Å². The van der Waals surface area contributed by atoms with E-state index in [4.69, 9.17) is 4.74 Å². The third-order valence-electron chi connectivity index (χ3n) is 4.76. The maximum Gasteiger partial charge on any atom is 0.122 e. The number of likely N-dealkylation sites (tertiary alicyclic amines) is 1. The Morgan fingerprint density at radius 2 is 1.91 bits per heavy atom. The Kier molecular flexibility index (Phi) is 5.70. The van der Waals surface area contributed by atoms with Gasteiger partial charge in [-0.3, -0.25) is 0 Å². The zero-order chi connectivity index (χ0) is 15.2. The second kappa shape index (κ2) is 7.95. The van der Waals surface area contributed by atoms with Gasteiger partial charge in [-0.05, 0) is 75.5 Å². The molecule has 0 atom stereocenters. The summed E-state index contributed by atoms with van der Waals surface area (Å²) in [5, 5.41) is 12.6. The van der Waals surface area contributed by atoms with Gasteiger partial charge in [0.25, 0.3) is 0 Å². The Morgan fingerprint density at radius 3 is 2.77 bits per heavy atom. The van der Waals surface area contributed by atoms with Crippen LogP contribution in [0.4, 0.5) is 0 Å². The van der Waals surface area contributed by atoms with Crippen LogP contribution in [0.25, 0.3) is 0 Å². The zero-order valence-corrected chi connectivity index (χ0v) is 13.4. The highest BCUT2D eigenvalue weighted by molar-refractivity contribution is 5.41. The molecule has 1 saturated heterocycles. The van der Waals surface area contributed by atoms with E-state index in [2.05, 4.69) is 4.90 Å². The van der Waals surface area contributed by atoms with Gasteiger partial charge in [0.15, 0.2) is 0 Å². The molecule has 4 nitrogen and oxygen atoms in total. The number of nitrogens with zero attached hydrogens (tertiary/aromatic N) is 2. The lowest BCUT2D eigenvalue weighted by atomic mass is 10.00. The molecule has 2 aliphatic heterocycles. The number of ether oxygens (including phenoxy) is 1. The summed E-state index contributed by atoms with van der Waals surface area (Å²) in [5.41, 5.74) is 2.37. The van der Waals surface area contributed by atoms with Crippen molar-refractivity contribution in [2.24, 2.45) is 0 Å². The topological polar surface area (TPSA) is 38.8 Å². The van der Waals surface area contributed by atoms with Crippen molar-refractivity contribution >= 4 is 0 Å². The van der Waals surface area contributed by atoms with E-state index < -0.39 is 0 Å². The summed E-state index contributed by atoms with van der Waals surface area (Å²) in [4.78, 5) is 2.58. The van der Waals surface area contributed by atoms with Gasteiger partial charge in [0.2, 0.25) is 0 Å². The van der Waals surface area contributed by atoms with Crippen molar-refractivity contribution in [2.45, 2.75) is 45.1 Å². The van der Waals surface area contributed by atoms with Gasteiger partial charge in [0.05, 0.1) is 6.61 Å². The SMILES string of the molecule is [O-]N1CCc2c(cccc2OCCCCN2CCCCC2)C1. The Bertz CT molecular complexity index is 472. The number of hydroxylamine groups is 2. The first kappa shape index (κ1) is 15.8. The molecular weight excluding hydrogens is 276 g/mol. The van der Waals surface area contributed by atoms with Gasteiger partial charge in [0, 0.05) is 6.54 Å². The summed E-state index contributed by atoms with van der Waals surface area (Å²) >= 11 is 0. The normalized spacial score (nSPS) is 19.9. The van der Waals surface area contributed by atoms with Crippen LogP contribution in [-0.4, -0.2) is 42.7 Å². The molecule has 4 heteroatoms. The second-order valence-electron chi connectivity index (χ2n) is 6.47. The first-order chi connectivity index (χ1) is 10.8. The lowest BCUT2D eigenvalue weighted by Gasteiger charge is -2.34. The summed E-state index contributed by atoms with van der Waals surface area (Å²) in [7, 11) is 0. The summed E-state index contributed by atoms with van der Waals surface area (Å²) in [6.45, 7) is 5.63. The van der Waals surface area contributed by atoms with Crippen molar-refractivity contribution in [3.8, 4) is 5.75 Å². The Morgan fingerprint density at radius 1 is 1.05 bits per heavy atom. The maximum absolute atomic E-state index is 11.5. The second-order valence-corrected chi connectivity index (χ2v) is 6.47. The lowest BCUT2D eigenvalue weighted by molar-refractivity contribution is 0.215. The van der Waals surface area contributed by atoms with Crippen molar-refractivity contribution in [1.82, 2.24) is 9.96 Å². The van der Waals surface area contributed by atoms with Crippen LogP contribution in [0.2, 0.25) is 0 Å². The van der Waals surface area contributed by atoms with Gasteiger partial charge < -0.3 is 19.9 Å². The number of unbranched alkanes of at least 4 members (excludes halogenated alkanes) is 1. The van der Waals surface area contributed by atoms with Crippen LogP contribution in [0.15, 0.2) is 18.2 Å². The molecule has 122 valence electrons. The average Bonchev–Trinajstić information content (AvgIpc) is 2.55. The van der Waals surface area contributed by atoms with Crippen molar-refractivity contribution in [2.75, 3.05) is 32.8 Å². The zero-order valence-electron chi connectivity index (χ0n) is 13.4. The van der Waals surface area contributed by atoms with Crippen LogP contribution < -0.4 is 4.74 Å². The number of rotatable bonds is 6. The van der Waals surface area contributed by atoms with Crippen molar-refractivity contribution < 1.29 is 4.74 Å². The highest BCUT2D eigenvalue weighted by Crippen LogP contribution is 2.27. The van der Waals surface area contributed by atoms with Crippen LogP contribution in [-0.2, 0) is 13.0 Å². The number of fused-ring (bicyclic) bond motifs is 1. The van der Waals surface area contributed by atoms with Gasteiger partial charge in [0.1, 0.15) is 5.75 Å². The van der Waals surface area contributed by atoms with E-state index in [1.807, 2.05) is 18.2 Å². The molecule has 0 spiro atoms. The van der Waals surface area contributed by atoms with Gasteiger partial charge in [-0.1, -0.05) is 18.6 Å². The van der Waals surface area contributed by atoms with Gasteiger partial charge >= 0.3 is 0 Å². The summed E-state index contributed by atoms with van der Waals surface area (Å²) < 4.78 is 5.99. The molecule has 2 heterocycles. The third kappa shape index (κ3) is 4.22. The van der Waals surface area contributed by atoms with Crippen LogP contribution in [0.3, 0.4) is 0 Å². The monoisotopic (exact) mass is 303 g/mol. The fourth-order valence-electron chi connectivity index (χ4n) is 3.49. The van der Waals surface area contributed by atoms with E-state index in [-0.39, 0.29) is 0 Å². The quantitative estimate of drug-likeness (QED) is 0.757. The first-order valence-electron chi connectivity index (χ1n) is 8.71. The third-order valence-corrected chi connectivity index (χ3v) is 4.76. The highest BCUT2D eigenvalue weighted by Gasteiger charge is 2.14. The predicted molar refractivity (Wildman–Crippen MR) is 88.9 cm³/mol. The largest absolute Gasteiger partial charge is 0.785 e. The van der Waals surface area contributed by atoms with Crippen LogP contribution in [0.1, 0.15) is 43.2 Å². The minimum Gasteiger partial charge on any atom is -0.785 e. The van der Waals surface area contributed by atoms with Crippen molar-refractivity contribution in [1.29, 1.82) is 0 Å². The molecule has 0 saturated carbocycles. The van der Waals surface area contributed by atoms with E-state index in [1.54, 1.807) is 0 Å². The van der Waals surface area contributed by atoms with E-state index in [1.165, 1.54) is 50.9 Å². The minimum absolute atomic E-state index is 0.501. The van der Waals surface area contributed by atoms with E-state index >= 15 is 0 Å². The maximum atomic E-state index is 11.5. The lowest BCUT2D eigenvalue weighted by Crippen LogP contribution is -2.30. The minimum atomic E-state index is 0.501. The molecule has 0 bridgehead atoms. The molecule has 22 heavy (non-hydrogen) atoms. The molecule has 0 unspecified atom stereocenters. The van der Waals surface area contributed by atoms with Crippen molar-refractivity contribution in [3.05, 3.63) is 34.5 Å². The first-order valence-corrected chi connectivity index (χ1v) is 8.71. The number of benzene rings is 1. The standard InChI is InChI=1S/C18H27N2O2/c21-20-13-9-17-16(15-20)7-6-8-18(17)22-14-5-4-12-19-10-2-1-3-11-19/h6-8H,1-5,9-15H2/q-1. The van der Waals surface area contributed by atoms with Gasteiger partial charge in [-0.25, -0.2) is 0 Å². The van der Waals surface area contributed by atoms with E-state index in [0.29, 0.717) is 13.1 Å². The molecule has 1 aromatic rings. The Hall–Kier alpha value is -1.10. The molecule has 0 amide bonds.